The fourth-order valence-corrected chi connectivity index (χ4v) is 93.3. The monoisotopic (exact) mass is 1310 g/mol. The van der Waals surface area contributed by atoms with Crippen LogP contribution in [0.15, 0.2) is 12.2 Å². The quantitative estimate of drug-likeness (QED) is 0.0256. The SMILES string of the molecule is C=C(C)C(=O)OCCC[Si](C)(O[Si](C)(C)CC[Si](C)(C)O[Si](C)(C)CC[Si](C)(C)O[Si](C)(C)CC[Si](C)(C)O[Si](C)(C)C)O[Si](C)(C)CC[Si](C)(C)O[Si](C)(C)CC[Si](C)(C)O[Si](C)(C)CC[Si](C)(C)O[Si](C)(C)C. The van der Waals surface area contributed by atoms with Crippen LogP contribution in [0.4, 0.5) is 0 Å². The molecule has 75 heavy (non-hydrogen) atoms. The summed E-state index contributed by atoms with van der Waals surface area (Å²) in [6.45, 7) is 80.2. The van der Waals surface area contributed by atoms with Crippen LogP contribution in [0.3, 0.4) is 0 Å². The van der Waals surface area contributed by atoms with Gasteiger partial charge in [-0.2, -0.15) is 0 Å². The molecule has 0 heterocycles. The minimum atomic E-state index is -2.71. The summed E-state index contributed by atoms with van der Waals surface area (Å²) in [6, 6.07) is 14.4. The van der Waals surface area contributed by atoms with Gasteiger partial charge in [0.1, 0.15) is 0 Å². The van der Waals surface area contributed by atoms with Crippen LogP contribution >= 0.6 is 0 Å². The van der Waals surface area contributed by atoms with E-state index in [0.717, 1.165) is 54.4 Å². The van der Waals surface area contributed by atoms with E-state index in [4.69, 9.17) is 37.7 Å². The van der Waals surface area contributed by atoms with Gasteiger partial charge in [-0.15, -0.1) is 0 Å². The van der Waals surface area contributed by atoms with Crippen molar-refractivity contribution in [1.82, 2.24) is 0 Å². The predicted octanol–water partition coefficient (Wildman–Crippen LogP) is 18.8. The fraction of sp³-hybridized carbons (Fsp3) is 0.940. The first-order valence-corrected chi connectivity index (χ1v) is 75.9. The maximum absolute atomic E-state index is 12.4. The minimum absolute atomic E-state index is 0.330. The molecule has 0 rings (SSSR count). The summed E-state index contributed by atoms with van der Waals surface area (Å²) >= 11 is 0. The number of ether oxygens (including phenoxy) is 1. The molecule has 448 valence electrons. The lowest BCUT2D eigenvalue weighted by atomic mass is 10.4. The highest BCUT2D eigenvalue weighted by molar-refractivity contribution is 6.93. The van der Waals surface area contributed by atoms with Crippen LogP contribution in [0.2, 0.25) is 282 Å². The second-order valence-corrected chi connectivity index (χ2v) is 98.3. The molecule has 0 aliphatic heterocycles. The van der Waals surface area contributed by atoms with E-state index < -0.39 is 125 Å². The topological polar surface area (TPSA) is 100 Å². The lowest BCUT2D eigenvalue weighted by Gasteiger charge is -2.43. The molecule has 0 unspecified atom stereocenters. The van der Waals surface area contributed by atoms with E-state index in [0.29, 0.717) is 18.6 Å². The van der Waals surface area contributed by atoms with Crippen LogP contribution in [0.5, 0.6) is 0 Å². The Morgan fingerprint density at radius 2 is 0.453 bits per heavy atom. The molecule has 0 amide bonds. The first-order valence-electron chi connectivity index (χ1n) is 29.2. The van der Waals surface area contributed by atoms with Crippen molar-refractivity contribution in [2.75, 3.05) is 6.61 Å². The first-order chi connectivity index (χ1) is 32.7. The van der Waals surface area contributed by atoms with Crippen LogP contribution in [0.25, 0.3) is 0 Å². The van der Waals surface area contributed by atoms with Crippen molar-refractivity contribution in [1.29, 1.82) is 0 Å². The molecule has 0 aliphatic rings. The summed E-state index contributed by atoms with van der Waals surface area (Å²) in [4.78, 5) is 12.4. The molecule has 0 aromatic rings. The number of esters is 1. The van der Waals surface area contributed by atoms with Crippen LogP contribution in [-0.4, -0.2) is 138 Å². The average molecular weight is 1310 g/mol. The Bertz CT molecular complexity index is 1670. The van der Waals surface area contributed by atoms with E-state index >= 15 is 0 Å². The molecule has 0 N–H and O–H groups in total. The predicted molar refractivity (Wildman–Crippen MR) is 370 cm³/mol. The Kier molecular flexibility index (Phi) is 29.6. The van der Waals surface area contributed by atoms with Gasteiger partial charge in [0, 0.05) is 5.57 Å². The van der Waals surface area contributed by atoms with E-state index in [9.17, 15) is 4.79 Å². The van der Waals surface area contributed by atoms with Gasteiger partial charge in [0.05, 0.1) is 6.61 Å². The largest absolute Gasteiger partial charge is 0.462 e. The van der Waals surface area contributed by atoms with Gasteiger partial charge in [-0.3, -0.25) is 0 Å². The summed E-state index contributed by atoms with van der Waals surface area (Å²) in [7, 11) is -29.0. The summed E-state index contributed by atoms with van der Waals surface area (Å²) in [5, 5.41) is 0. The molecule has 0 saturated carbocycles. The van der Waals surface area contributed by atoms with Crippen molar-refractivity contribution >= 4 is 131 Å². The highest BCUT2D eigenvalue weighted by atomic mass is 28.5. The van der Waals surface area contributed by atoms with Gasteiger partial charge in [0.15, 0.2) is 116 Å². The number of carbonyl (C=O) groups excluding carboxylic acids is 1. The second-order valence-electron chi connectivity index (χ2n) is 32.3. The lowest BCUT2D eigenvalue weighted by molar-refractivity contribution is -0.138. The Hall–Kier alpha value is 2.14. The second kappa shape index (κ2) is 28.8. The third kappa shape index (κ3) is 38.6. The van der Waals surface area contributed by atoms with Gasteiger partial charge in [0.2, 0.25) is 0 Å². The Morgan fingerprint density at radius 1 is 0.280 bits per heavy atom. The molecule has 25 heteroatoms. The smallest absolute Gasteiger partial charge is 0.333 e. The van der Waals surface area contributed by atoms with Crippen molar-refractivity contribution in [3.8, 4) is 0 Å². The van der Waals surface area contributed by atoms with Crippen LogP contribution in [-0.2, 0) is 42.5 Å². The molecule has 0 aromatic carbocycles. The molecule has 0 fully saturated rings. The van der Waals surface area contributed by atoms with Gasteiger partial charge < -0.3 is 37.7 Å². The summed E-state index contributed by atoms with van der Waals surface area (Å²) < 4.78 is 63.0. The average Bonchev–Trinajstić information content (AvgIpc) is 3.12. The van der Waals surface area contributed by atoms with Crippen molar-refractivity contribution < 1.29 is 42.5 Å². The van der Waals surface area contributed by atoms with Crippen molar-refractivity contribution in [3.63, 3.8) is 0 Å². The third-order valence-electron chi connectivity index (χ3n) is 13.7. The van der Waals surface area contributed by atoms with E-state index in [1.165, 1.54) is 24.2 Å². The highest BCUT2D eigenvalue weighted by Gasteiger charge is 2.47. The first kappa shape index (κ1) is 77.1. The molecule has 0 atom stereocenters. The standard InChI is InChI=1S/C50H128O10Si15/c1-49(2)50(51)52-35-34-36-75(33,59-73(29,30)47-45-71(25,26)57-69(21,22)43-41-67(17,18)55-65(13,14)39-37-63(9,10)53-61(3,4)5)60-74(31,32)48-46-72(27,28)58-70(23,24)44-42-68(19,20)56-66(15,16)40-38-64(11,12)54-62(6,7)8/h1,34-48H2,2-33H3. The third-order valence-corrected chi connectivity index (χ3v) is 70.3. The van der Waals surface area contributed by atoms with Gasteiger partial charge in [-0.25, -0.2) is 4.79 Å². The van der Waals surface area contributed by atoms with E-state index in [1.54, 1.807) is 6.92 Å². The summed E-state index contributed by atoms with van der Waals surface area (Å²) in [5.41, 5.74) is 0.430. The Balaban J connectivity index is 5.90. The number of hydrogen-bond donors (Lipinski definition) is 0. The van der Waals surface area contributed by atoms with E-state index in [2.05, 4.69) is 210 Å². The number of hydrogen-bond acceptors (Lipinski definition) is 10. The van der Waals surface area contributed by atoms with E-state index in [-0.39, 0.29) is 5.97 Å². The Labute approximate surface area is 483 Å². The molecule has 0 aliphatic carbocycles. The van der Waals surface area contributed by atoms with Crippen molar-refractivity contribution in [3.05, 3.63) is 12.2 Å². The van der Waals surface area contributed by atoms with Crippen molar-refractivity contribution in [2.45, 2.75) is 295 Å². The minimum Gasteiger partial charge on any atom is -0.462 e. The maximum Gasteiger partial charge on any atom is 0.333 e. The molecule has 0 saturated heterocycles. The fourth-order valence-electron chi connectivity index (χ4n) is 10.8. The van der Waals surface area contributed by atoms with Crippen LogP contribution in [0, 0.1) is 0 Å². The van der Waals surface area contributed by atoms with Crippen LogP contribution in [0.1, 0.15) is 13.3 Å². The summed E-state index contributed by atoms with van der Waals surface area (Å²) in [6.07, 6.45) is 0.717. The number of carbonyl (C=O) groups is 1. The van der Waals surface area contributed by atoms with Gasteiger partial charge in [-0.1, -0.05) is 6.58 Å². The van der Waals surface area contributed by atoms with Gasteiger partial charge in [0.25, 0.3) is 0 Å². The molecular formula is C50H128O10Si15. The van der Waals surface area contributed by atoms with Gasteiger partial charge in [-0.05, 0) is 295 Å². The normalized spacial score (nSPS) is 15.2. The maximum atomic E-state index is 12.4. The van der Waals surface area contributed by atoms with E-state index in [1.807, 2.05) is 0 Å². The zero-order valence-corrected chi connectivity index (χ0v) is 70.9. The number of rotatable bonds is 39. The highest BCUT2D eigenvalue weighted by Crippen LogP contribution is 2.37. The molecule has 0 radical (unpaired) electrons. The zero-order valence-electron chi connectivity index (χ0n) is 55.9. The lowest BCUT2D eigenvalue weighted by Crippen LogP contribution is -2.55. The Morgan fingerprint density at radius 3 is 0.627 bits per heavy atom. The summed E-state index contributed by atoms with van der Waals surface area (Å²) in [5.74, 6) is -0.330. The van der Waals surface area contributed by atoms with Crippen molar-refractivity contribution in [2.24, 2.45) is 0 Å². The molecular weight excluding hydrogens is 1180 g/mol. The van der Waals surface area contributed by atoms with Gasteiger partial charge >= 0.3 is 14.5 Å². The molecule has 0 bridgehead atoms. The molecule has 10 nitrogen and oxygen atoms in total. The molecule has 0 spiro atoms. The van der Waals surface area contributed by atoms with Crippen LogP contribution < -0.4 is 0 Å². The zero-order chi connectivity index (χ0) is 59.6. The molecule has 0 aromatic heterocycles.